The fraction of sp³-hybridized carbons (Fsp3) is 0.0417. The van der Waals surface area contributed by atoms with Crippen LogP contribution in [0.1, 0.15) is 37.4 Å². The Hall–Kier alpha value is -7.69. The summed E-state index contributed by atoms with van der Waals surface area (Å²) in [5.41, 5.74) is 7.83. The number of azo groups is 2. The SMILES string of the molecule is Cc1cccc(NC(=O)c2cc3ccccc3c(N=Nc3ccc4c(c3)Cc3cc(N=Nc5c(O)c(C(=O)Nc6ccccc6Cl)cc6ccccc56)ccc3-4)c2O)c1. The van der Waals surface area contributed by atoms with Crippen molar-refractivity contribution in [3.05, 3.63) is 178 Å². The number of hydrogen-bond acceptors (Lipinski definition) is 8. The van der Waals surface area contributed by atoms with Gasteiger partial charge >= 0.3 is 0 Å². The average Bonchev–Trinajstić information content (AvgIpc) is 3.60. The highest BCUT2D eigenvalue weighted by atomic mass is 35.5. The van der Waals surface area contributed by atoms with Crippen LogP contribution in [-0.4, -0.2) is 22.0 Å². The van der Waals surface area contributed by atoms with Crippen molar-refractivity contribution in [2.45, 2.75) is 13.3 Å². The second kappa shape index (κ2) is 15.3. The Morgan fingerprint density at radius 3 is 1.64 bits per heavy atom. The van der Waals surface area contributed by atoms with Gasteiger partial charge in [-0.05, 0) is 113 Å². The largest absolute Gasteiger partial charge is 0.505 e. The van der Waals surface area contributed by atoms with Crippen molar-refractivity contribution in [3.63, 3.8) is 0 Å². The van der Waals surface area contributed by atoms with Gasteiger partial charge in [0.2, 0.25) is 0 Å². The Bertz CT molecular complexity index is 3090. The molecule has 0 spiro atoms. The fourth-order valence-electron chi connectivity index (χ4n) is 7.38. The first-order chi connectivity index (χ1) is 28.7. The smallest absolute Gasteiger partial charge is 0.259 e. The number of benzene rings is 8. The van der Waals surface area contributed by atoms with Crippen LogP contribution in [0.15, 0.2) is 166 Å². The van der Waals surface area contributed by atoms with Gasteiger partial charge in [-0.2, -0.15) is 10.2 Å². The highest BCUT2D eigenvalue weighted by molar-refractivity contribution is 6.34. The first-order valence-corrected chi connectivity index (χ1v) is 19.1. The summed E-state index contributed by atoms with van der Waals surface area (Å²) >= 11 is 6.27. The van der Waals surface area contributed by atoms with Crippen LogP contribution in [0.4, 0.5) is 34.1 Å². The third-order valence-electron chi connectivity index (χ3n) is 10.3. The van der Waals surface area contributed by atoms with Crippen LogP contribution in [-0.2, 0) is 6.42 Å². The van der Waals surface area contributed by atoms with Crippen LogP contribution in [0.5, 0.6) is 11.5 Å². The number of amides is 2. The van der Waals surface area contributed by atoms with E-state index in [0.29, 0.717) is 50.4 Å². The fourth-order valence-corrected chi connectivity index (χ4v) is 7.56. The molecule has 0 saturated heterocycles. The number of halogens is 1. The van der Waals surface area contributed by atoms with Gasteiger partial charge in [0.25, 0.3) is 11.8 Å². The maximum absolute atomic E-state index is 13.4. The van der Waals surface area contributed by atoms with Crippen molar-refractivity contribution in [2.75, 3.05) is 10.6 Å². The summed E-state index contributed by atoms with van der Waals surface area (Å²) in [5.74, 6) is -1.56. The van der Waals surface area contributed by atoms with Crippen LogP contribution < -0.4 is 10.6 Å². The summed E-state index contributed by atoms with van der Waals surface area (Å²) in [4.78, 5) is 26.7. The van der Waals surface area contributed by atoms with E-state index in [1.54, 1.807) is 42.5 Å². The third kappa shape index (κ3) is 7.24. The molecule has 1 aliphatic rings. The van der Waals surface area contributed by atoms with Gasteiger partial charge in [-0.3, -0.25) is 9.59 Å². The van der Waals surface area contributed by atoms with Gasteiger partial charge in [-0.25, -0.2) is 0 Å². The lowest BCUT2D eigenvalue weighted by molar-refractivity contribution is 0.101. The number of aromatic hydroxyl groups is 2. The van der Waals surface area contributed by atoms with Crippen molar-refractivity contribution in [1.29, 1.82) is 0 Å². The topological polar surface area (TPSA) is 148 Å². The lowest BCUT2D eigenvalue weighted by Gasteiger charge is -2.12. The molecule has 286 valence electrons. The summed E-state index contributed by atoms with van der Waals surface area (Å²) in [5, 5.41) is 49.5. The molecule has 0 aliphatic heterocycles. The Morgan fingerprint density at radius 2 is 1.08 bits per heavy atom. The Labute approximate surface area is 343 Å². The van der Waals surface area contributed by atoms with E-state index in [-0.39, 0.29) is 34.0 Å². The first-order valence-electron chi connectivity index (χ1n) is 18.7. The van der Waals surface area contributed by atoms with E-state index < -0.39 is 11.8 Å². The zero-order chi connectivity index (χ0) is 40.6. The predicted octanol–water partition coefficient (Wildman–Crippen LogP) is 13.3. The minimum absolute atomic E-state index is 0.0367. The number of phenols is 2. The van der Waals surface area contributed by atoms with Crippen molar-refractivity contribution in [1.82, 2.24) is 0 Å². The molecule has 0 saturated carbocycles. The summed E-state index contributed by atoms with van der Waals surface area (Å²) in [6, 6.07) is 43.9. The molecular weight excluding hydrogens is 760 g/mol. The predicted molar refractivity (Wildman–Crippen MR) is 233 cm³/mol. The second-order valence-corrected chi connectivity index (χ2v) is 14.6. The molecule has 0 heterocycles. The number of carbonyl (C=O) groups is 2. The molecule has 0 unspecified atom stereocenters. The molecule has 0 aromatic heterocycles. The van der Waals surface area contributed by atoms with Gasteiger partial charge in [0.15, 0.2) is 11.5 Å². The van der Waals surface area contributed by atoms with Crippen LogP contribution in [0.25, 0.3) is 32.7 Å². The molecule has 8 aromatic carbocycles. The third-order valence-corrected chi connectivity index (χ3v) is 10.6. The summed E-state index contributed by atoms with van der Waals surface area (Å²) in [6.07, 6.45) is 0.603. The number of nitrogens with one attached hydrogen (secondary N) is 2. The number of rotatable bonds is 8. The summed E-state index contributed by atoms with van der Waals surface area (Å²) in [6.45, 7) is 1.94. The van der Waals surface area contributed by atoms with E-state index in [0.717, 1.165) is 33.2 Å². The number of hydrogen-bond donors (Lipinski definition) is 4. The van der Waals surface area contributed by atoms with E-state index >= 15 is 0 Å². The number of carbonyl (C=O) groups excluding carboxylic acids is 2. The lowest BCUT2D eigenvalue weighted by Crippen LogP contribution is -2.12. The maximum Gasteiger partial charge on any atom is 0.259 e. The zero-order valence-corrected chi connectivity index (χ0v) is 32.2. The maximum atomic E-state index is 13.4. The molecule has 0 atom stereocenters. The molecule has 0 radical (unpaired) electrons. The molecule has 2 amide bonds. The van der Waals surface area contributed by atoms with Gasteiger partial charge in [0.05, 0.1) is 33.2 Å². The quantitative estimate of drug-likeness (QED) is 0.113. The molecule has 11 heteroatoms. The van der Waals surface area contributed by atoms with E-state index in [4.69, 9.17) is 11.6 Å². The monoisotopic (exact) mass is 792 g/mol. The molecule has 9 rings (SSSR count). The van der Waals surface area contributed by atoms with Gasteiger partial charge < -0.3 is 20.8 Å². The zero-order valence-electron chi connectivity index (χ0n) is 31.4. The molecule has 0 fully saturated rings. The Balaban J connectivity index is 0.974. The van der Waals surface area contributed by atoms with E-state index in [1.807, 2.05) is 110 Å². The van der Waals surface area contributed by atoms with Gasteiger partial charge in [0, 0.05) is 16.5 Å². The van der Waals surface area contributed by atoms with Crippen LogP contribution in [0.3, 0.4) is 0 Å². The summed E-state index contributed by atoms with van der Waals surface area (Å²) < 4.78 is 0. The standard InChI is InChI=1S/C48H33ClN6O4/c1-27-9-8-12-32(21-27)50-47(58)39-25-28-10-2-4-13-37(28)43(45(39)56)54-52-33-17-19-35-30(23-33)22-31-24-34(18-20-36(31)35)53-55-44-38-14-5-3-11-29(38)26-40(46(44)57)48(59)51-42-16-7-6-15-41(42)49/h2-21,23-26,56-57H,22H2,1H3,(H,50,58)(H,51,59). The number of para-hydroxylation sites is 1. The van der Waals surface area contributed by atoms with Crippen molar-refractivity contribution in [2.24, 2.45) is 20.5 Å². The minimum Gasteiger partial charge on any atom is -0.505 e. The van der Waals surface area contributed by atoms with Gasteiger partial charge in [0.1, 0.15) is 11.4 Å². The van der Waals surface area contributed by atoms with E-state index in [9.17, 15) is 19.8 Å². The van der Waals surface area contributed by atoms with Crippen molar-refractivity contribution in [3.8, 4) is 22.6 Å². The highest BCUT2D eigenvalue weighted by Crippen LogP contribution is 2.44. The summed E-state index contributed by atoms with van der Waals surface area (Å²) in [7, 11) is 0. The molecule has 1 aliphatic carbocycles. The number of nitrogens with zero attached hydrogens (tertiary/aromatic N) is 4. The van der Waals surface area contributed by atoms with Crippen LogP contribution >= 0.6 is 11.6 Å². The Morgan fingerprint density at radius 1 is 0.559 bits per heavy atom. The van der Waals surface area contributed by atoms with Crippen molar-refractivity contribution < 1.29 is 19.8 Å². The number of aryl methyl sites for hydroxylation is 1. The lowest BCUT2D eigenvalue weighted by atomic mass is 10.0. The first kappa shape index (κ1) is 36.9. The van der Waals surface area contributed by atoms with Crippen LogP contribution in [0, 0.1) is 6.92 Å². The van der Waals surface area contributed by atoms with Gasteiger partial charge in [-0.15, -0.1) is 10.2 Å². The average molecular weight is 793 g/mol. The minimum atomic E-state index is -0.535. The molecule has 10 nitrogen and oxygen atoms in total. The normalized spacial score (nSPS) is 12.0. The van der Waals surface area contributed by atoms with Crippen molar-refractivity contribution >= 4 is 79.1 Å². The number of anilines is 2. The second-order valence-electron chi connectivity index (χ2n) is 14.2. The number of phenolic OH excluding ortho intramolecular Hbond substituents is 2. The number of fused-ring (bicyclic) bond motifs is 5. The molecule has 8 aromatic rings. The molecule has 4 N–H and O–H groups in total. The molecular formula is C48H33ClN6O4. The van der Waals surface area contributed by atoms with Crippen LogP contribution in [0.2, 0.25) is 5.02 Å². The highest BCUT2D eigenvalue weighted by Gasteiger charge is 2.22. The van der Waals surface area contributed by atoms with E-state index in [1.165, 1.54) is 0 Å². The van der Waals surface area contributed by atoms with E-state index in [2.05, 4.69) is 31.1 Å². The Kier molecular flexibility index (Phi) is 9.60. The molecule has 59 heavy (non-hydrogen) atoms. The molecule has 0 bridgehead atoms. The van der Waals surface area contributed by atoms with Gasteiger partial charge in [-0.1, -0.05) is 96.5 Å².